The van der Waals surface area contributed by atoms with Crippen molar-refractivity contribution >= 4 is 23.3 Å². The van der Waals surface area contributed by atoms with E-state index in [9.17, 15) is 4.79 Å². The summed E-state index contributed by atoms with van der Waals surface area (Å²) in [5.74, 6) is 0.286. The van der Waals surface area contributed by atoms with Gasteiger partial charge in [0.2, 0.25) is 0 Å². The summed E-state index contributed by atoms with van der Waals surface area (Å²) in [6.45, 7) is 1.85. The third-order valence-electron chi connectivity index (χ3n) is 3.04. The summed E-state index contributed by atoms with van der Waals surface area (Å²) in [4.78, 5) is 17.6. The van der Waals surface area contributed by atoms with E-state index in [2.05, 4.69) is 4.99 Å². The Kier molecular flexibility index (Phi) is 3.74. The average molecular weight is 248 g/mol. The van der Waals surface area contributed by atoms with Crippen molar-refractivity contribution in [3.05, 3.63) is 33.8 Å². The molecule has 0 spiro atoms. The molecule has 3 nitrogen and oxygen atoms in total. The molecule has 4 heteroatoms. The topological polar surface area (TPSA) is 55.4 Å². The van der Waals surface area contributed by atoms with Crippen molar-refractivity contribution in [1.29, 1.82) is 0 Å². The van der Waals surface area contributed by atoms with Gasteiger partial charge in [0.25, 0.3) is 0 Å². The van der Waals surface area contributed by atoms with Crippen LogP contribution >= 0.6 is 11.3 Å². The van der Waals surface area contributed by atoms with Gasteiger partial charge in [0, 0.05) is 35.2 Å². The summed E-state index contributed by atoms with van der Waals surface area (Å²) < 4.78 is 0. The van der Waals surface area contributed by atoms with E-state index >= 15 is 0 Å². The van der Waals surface area contributed by atoms with Crippen molar-refractivity contribution in [2.45, 2.75) is 26.2 Å². The van der Waals surface area contributed by atoms with Crippen molar-refractivity contribution in [2.24, 2.45) is 16.6 Å². The standard InChI is InChI=1S/C13H16N2OS/c1-2-15-10(8-14)7-9-3-4-12-11(13(9)16)5-6-17-12/h2,5-6,8-9H,3-4,7,14H2,1H3/b10-8-,15-2?. The second kappa shape index (κ2) is 5.27. The van der Waals surface area contributed by atoms with Crippen molar-refractivity contribution in [1.82, 2.24) is 0 Å². The van der Waals surface area contributed by atoms with Crippen molar-refractivity contribution in [2.75, 3.05) is 0 Å². The van der Waals surface area contributed by atoms with Crippen LogP contribution < -0.4 is 5.73 Å². The van der Waals surface area contributed by atoms with E-state index in [1.165, 1.54) is 11.1 Å². The van der Waals surface area contributed by atoms with Crippen molar-refractivity contribution < 1.29 is 4.79 Å². The van der Waals surface area contributed by atoms with Crippen molar-refractivity contribution in [3.63, 3.8) is 0 Å². The van der Waals surface area contributed by atoms with Crippen LogP contribution in [0.4, 0.5) is 0 Å². The van der Waals surface area contributed by atoms with Crippen LogP contribution in [0.2, 0.25) is 0 Å². The molecule has 0 saturated heterocycles. The molecule has 0 saturated carbocycles. The molecule has 0 bridgehead atoms. The molecule has 90 valence electrons. The van der Waals surface area contributed by atoms with Gasteiger partial charge in [-0.25, -0.2) is 0 Å². The molecule has 2 rings (SSSR count). The zero-order valence-corrected chi connectivity index (χ0v) is 10.7. The maximum Gasteiger partial charge on any atom is 0.167 e. The second-order valence-corrected chi connectivity index (χ2v) is 5.11. The molecule has 1 aliphatic carbocycles. The number of aryl methyl sites for hydroxylation is 1. The smallest absolute Gasteiger partial charge is 0.167 e. The van der Waals surface area contributed by atoms with E-state index in [0.717, 1.165) is 24.1 Å². The Hall–Kier alpha value is -1.42. The van der Waals surface area contributed by atoms with E-state index < -0.39 is 0 Å². The molecular formula is C13H16N2OS. The predicted octanol–water partition coefficient (Wildman–Crippen LogP) is 2.77. The van der Waals surface area contributed by atoms with Crippen LogP contribution in [0.1, 0.15) is 35.0 Å². The molecule has 0 amide bonds. The highest BCUT2D eigenvalue weighted by molar-refractivity contribution is 7.10. The van der Waals surface area contributed by atoms with Crippen LogP contribution in [0.3, 0.4) is 0 Å². The number of allylic oxidation sites excluding steroid dienone is 1. The largest absolute Gasteiger partial charge is 0.403 e. The molecule has 1 unspecified atom stereocenters. The SMILES string of the molecule is CC=N/C(=C\N)CC1CCc2sccc2C1=O. The molecule has 0 aromatic carbocycles. The summed E-state index contributed by atoms with van der Waals surface area (Å²) in [7, 11) is 0. The third kappa shape index (κ3) is 2.47. The van der Waals surface area contributed by atoms with E-state index in [0.29, 0.717) is 6.42 Å². The minimum Gasteiger partial charge on any atom is -0.403 e. The van der Waals surface area contributed by atoms with E-state index in [-0.39, 0.29) is 11.7 Å². The summed E-state index contributed by atoms with van der Waals surface area (Å²) in [6, 6.07) is 1.93. The number of ketones is 1. The lowest BCUT2D eigenvalue weighted by atomic mass is 9.84. The molecule has 1 aromatic rings. The van der Waals surface area contributed by atoms with Gasteiger partial charge >= 0.3 is 0 Å². The van der Waals surface area contributed by atoms with Crippen LogP contribution in [-0.4, -0.2) is 12.0 Å². The molecule has 1 atom stereocenters. The lowest BCUT2D eigenvalue weighted by Gasteiger charge is -2.20. The maximum absolute atomic E-state index is 12.2. The summed E-state index contributed by atoms with van der Waals surface area (Å²) >= 11 is 1.68. The average Bonchev–Trinajstić information content (AvgIpc) is 2.80. The normalized spacial score (nSPS) is 20.9. The molecule has 1 aliphatic rings. The summed E-state index contributed by atoms with van der Waals surface area (Å²) in [5.41, 5.74) is 7.21. The van der Waals surface area contributed by atoms with E-state index in [1.54, 1.807) is 17.6 Å². The van der Waals surface area contributed by atoms with Gasteiger partial charge in [-0.3, -0.25) is 9.79 Å². The van der Waals surface area contributed by atoms with Gasteiger partial charge in [0.15, 0.2) is 5.78 Å². The molecular weight excluding hydrogens is 232 g/mol. The number of thiophene rings is 1. The highest BCUT2D eigenvalue weighted by Crippen LogP contribution is 2.32. The second-order valence-electron chi connectivity index (χ2n) is 4.11. The first-order valence-corrected chi connectivity index (χ1v) is 6.64. The zero-order chi connectivity index (χ0) is 12.3. The van der Waals surface area contributed by atoms with Gasteiger partial charge < -0.3 is 5.73 Å². The minimum absolute atomic E-state index is 0.0376. The fourth-order valence-electron chi connectivity index (χ4n) is 2.19. The molecule has 0 radical (unpaired) electrons. The Balaban J connectivity index is 2.13. The van der Waals surface area contributed by atoms with Gasteiger partial charge in [0.05, 0.1) is 5.70 Å². The van der Waals surface area contributed by atoms with Gasteiger partial charge in [-0.2, -0.15) is 0 Å². The minimum atomic E-state index is 0.0376. The molecule has 1 heterocycles. The maximum atomic E-state index is 12.2. The lowest BCUT2D eigenvalue weighted by molar-refractivity contribution is 0.0902. The van der Waals surface area contributed by atoms with Crippen LogP contribution in [-0.2, 0) is 6.42 Å². The Morgan fingerprint density at radius 2 is 2.53 bits per heavy atom. The number of hydrogen-bond donors (Lipinski definition) is 1. The zero-order valence-electron chi connectivity index (χ0n) is 9.85. The van der Waals surface area contributed by atoms with E-state index in [4.69, 9.17) is 5.73 Å². The fraction of sp³-hybridized carbons (Fsp3) is 0.385. The number of hydrogen-bond acceptors (Lipinski definition) is 4. The first kappa shape index (κ1) is 12.0. The van der Waals surface area contributed by atoms with Crippen LogP contribution in [0, 0.1) is 5.92 Å². The first-order valence-electron chi connectivity index (χ1n) is 5.76. The fourth-order valence-corrected chi connectivity index (χ4v) is 3.09. The Morgan fingerprint density at radius 3 is 3.24 bits per heavy atom. The van der Waals surface area contributed by atoms with E-state index in [1.807, 2.05) is 18.4 Å². The quantitative estimate of drug-likeness (QED) is 0.836. The highest BCUT2D eigenvalue weighted by atomic mass is 32.1. The van der Waals surface area contributed by atoms with Crippen LogP contribution in [0.25, 0.3) is 0 Å². The number of Topliss-reactive ketones (excluding diaryl/α,β-unsaturated/α-hetero) is 1. The molecule has 17 heavy (non-hydrogen) atoms. The highest BCUT2D eigenvalue weighted by Gasteiger charge is 2.28. The van der Waals surface area contributed by atoms with Crippen LogP contribution in [0.15, 0.2) is 28.3 Å². The van der Waals surface area contributed by atoms with Gasteiger partial charge in [-0.1, -0.05) is 0 Å². The predicted molar refractivity (Wildman–Crippen MR) is 71.5 cm³/mol. The summed E-state index contributed by atoms with van der Waals surface area (Å²) in [5, 5.41) is 1.99. The molecule has 0 aliphatic heterocycles. The number of carbonyl (C=O) groups excluding carboxylic acids is 1. The first-order chi connectivity index (χ1) is 8.26. The van der Waals surface area contributed by atoms with Gasteiger partial charge in [-0.05, 0) is 31.2 Å². The Labute approximate surface area is 105 Å². The van der Waals surface area contributed by atoms with Crippen LogP contribution in [0.5, 0.6) is 0 Å². The van der Waals surface area contributed by atoms with Gasteiger partial charge in [-0.15, -0.1) is 11.3 Å². The summed E-state index contributed by atoms with van der Waals surface area (Å²) in [6.07, 6.45) is 5.76. The monoisotopic (exact) mass is 248 g/mol. The number of rotatable bonds is 3. The lowest BCUT2D eigenvalue weighted by Crippen LogP contribution is -2.21. The molecule has 0 fully saturated rings. The number of fused-ring (bicyclic) bond motifs is 1. The number of aliphatic imine (C=N–C) groups is 1. The van der Waals surface area contributed by atoms with Gasteiger partial charge in [0.1, 0.15) is 0 Å². The Morgan fingerprint density at radius 1 is 1.71 bits per heavy atom. The number of nitrogens with two attached hydrogens (primary N) is 1. The number of carbonyl (C=O) groups is 1. The molecule has 2 N–H and O–H groups in total. The van der Waals surface area contributed by atoms with Crippen molar-refractivity contribution in [3.8, 4) is 0 Å². The Bertz CT molecular complexity index is 474. The molecule has 1 aromatic heterocycles. The third-order valence-corrected chi connectivity index (χ3v) is 4.03. The number of nitrogens with zero attached hydrogens (tertiary/aromatic N) is 1.